The van der Waals surface area contributed by atoms with Crippen LogP contribution in [0, 0.1) is 24.7 Å². The van der Waals surface area contributed by atoms with Crippen molar-refractivity contribution in [1.29, 1.82) is 0 Å². The van der Waals surface area contributed by atoms with Crippen LogP contribution in [0.25, 0.3) is 0 Å². The summed E-state index contributed by atoms with van der Waals surface area (Å²) in [6.45, 7) is 2.38. The zero-order chi connectivity index (χ0) is 15.7. The molecule has 0 aromatic carbocycles. The number of aliphatic hydroxyl groups is 1. The van der Waals surface area contributed by atoms with E-state index in [4.69, 9.17) is 0 Å². The highest BCUT2D eigenvalue weighted by molar-refractivity contribution is 5.66. The van der Waals surface area contributed by atoms with Crippen molar-refractivity contribution in [2.24, 2.45) is 5.92 Å². The van der Waals surface area contributed by atoms with Gasteiger partial charge in [0, 0.05) is 24.2 Å². The second kappa shape index (κ2) is 5.62. The van der Waals surface area contributed by atoms with Crippen LogP contribution in [0.5, 0.6) is 0 Å². The van der Waals surface area contributed by atoms with Gasteiger partial charge in [-0.25, -0.2) is 9.78 Å². The molecule has 1 aromatic heterocycles. The number of fused-ring (bicyclic) bond motifs is 1. The molecule has 1 aliphatic carbocycles. The number of pyridine rings is 1. The molecule has 0 radical (unpaired) electrons. The Morgan fingerprint density at radius 3 is 3.00 bits per heavy atom. The van der Waals surface area contributed by atoms with Crippen LogP contribution in [0.15, 0.2) is 18.2 Å². The van der Waals surface area contributed by atoms with E-state index < -0.39 is 11.7 Å². The van der Waals surface area contributed by atoms with Gasteiger partial charge in [-0.2, -0.15) is 0 Å². The average molecular weight is 300 g/mol. The third kappa shape index (κ3) is 2.67. The summed E-state index contributed by atoms with van der Waals surface area (Å²) in [5, 5.41) is 20.2. The second-order valence-electron chi connectivity index (χ2n) is 6.17. The number of carboxylic acid groups (broad SMARTS) is 1. The van der Waals surface area contributed by atoms with Gasteiger partial charge in [0.2, 0.25) is 0 Å². The van der Waals surface area contributed by atoms with Gasteiger partial charge in [-0.3, -0.25) is 0 Å². The molecular formula is C17H20N2O3. The minimum absolute atomic E-state index is 0.102. The molecule has 1 aliphatic heterocycles. The lowest BCUT2D eigenvalue weighted by Crippen LogP contribution is -2.49. The quantitative estimate of drug-likeness (QED) is 0.719. The Hall–Kier alpha value is -2.06. The minimum atomic E-state index is -1.11. The fourth-order valence-corrected chi connectivity index (χ4v) is 3.71. The zero-order valence-corrected chi connectivity index (χ0v) is 12.6. The van der Waals surface area contributed by atoms with E-state index in [-0.39, 0.29) is 12.0 Å². The summed E-state index contributed by atoms with van der Waals surface area (Å²) in [4.78, 5) is 17.1. The van der Waals surface area contributed by atoms with Crippen molar-refractivity contribution >= 4 is 6.09 Å². The van der Waals surface area contributed by atoms with E-state index in [0.717, 1.165) is 18.5 Å². The first-order chi connectivity index (χ1) is 10.5. The molecule has 1 amide bonds. The highest BCUT2D eigenvalue weighted by atomic mass is 16.4. The van der Waals surface area contributed by atoms with E-state index in [9.17, 15) is 15.0 Å². The third-order valence-electron chi connectivity index (χ3n) is 4.76. The van der Waals surface area contributed by atoms with E-state index in [2.05, 4.69) is 16.8 Å². The van der Waals surface area contributed by atoms with Crippen LogP contribution in [-0.2, 0) is 0 Å². The van der Waals surface area contributed by atoms with Gasteiger partial charge in [-0.1, -0.05) is 12.0 Å². The standard InChI is InChI=1S/C17H20N2O3/c1-12-4-2-5-13(18-12)7-10-17(22)9-3-6-15-14(17)8-11-19(15)16(20)21/h2,4-5,14-15,22H,3,6,8-9,11H2,1H3,(H,20,21). The maximum absolute atomic E-state index is 11.3. The number of carbonyl (C=O) groups is 1. The van der Waals surface area contributed by atoms with E-state index >= 15 is 0 Å². The van der Waals surface area contributed by atoms with Crippen molar-refractivity contribution in [3.05, 3.63) is 29.6 Å². The van der Waals surface area contributed by atoms with Gasteiger partial charge in [0.25, 0.3) is 0 Å². The first-order valence-electron chi connectivity index (χ1n) is 7.68. The lowest BCUT2D eigenvalue weighted by Gasteiger charge is -2.39. The Labute approximate surface area is 130 Å². The molecule has 0 bridgehead atoms. The molecule has 2 aliphatic rings. The summed E-state index contributed by atoms with van der Waals surface area (Å²) in [6, 6.07) is 5.50. The van der Waals surface area contributed by atoms with Crippen LogP contribution < -0.4 is 0 Å². The van der Waals surface area contributed by atoms with Crippen LogP contribution in [0.1, 0.15) is 37.1 Å². The van der Waals surface area contributed by atoms with Crippen molar-refractivity contribution in [3.63, 3.8) is 0 Å². The molecule has 3 unspecified atom stereocenters. The molecule has 1 saturated heterocycles. The molecule has 3 rings (SSSR count). The van der Waals surface area contributed by atoms with Crippen LogP contribution in [0.3, 0.4) is 0 Å². The fourth-order valence-electron chi connectivity index (χ4n) is 3.71. The Kier molecular flexibility index (Phi) is 3.79. The lowest BCUT2D eigenvalue weighted by molar-refractivity contribution is -0.0125. The summed E-state index contributed by atoms with van der Waals surface area (Å²) in [5.74, 6) is 5.87. The smallest absolute Gasteiger partial charge is 0.407 e. The number of aromatic nitrogens is 1. The van der Waals surface area contributed by atoms with Crippen molar-refractivity contribution < 1.29 is 15.0 Å². The molecule has 5 heteroatoms. The maximum Gasteiger partial charge on any atom is 0.407 e. The fraction of sp³-hybridized carbons (Fsp3) is 0.529. The topological polar surface area (TPSA) is 73.7 Å². The van der Waals surface area contributed by atoms with E-state index in [1.807, 2.05) is 25.1 Å². The van der Waals surface area contributed by atoms with E-state index in [1.165, 1.54) is 4.90 Å². The van der Waals surface area contributed by atoms with Gasteiger partial charge in [0.15, 0.2) is 0 Å². The summed E-state index contributed by atoms with van der Waals surface area (Å²) in [6.07, 6.45) is 1.97. The monoisotopic (exact) mass is 300 g/mol. The average Bonchev–Trinajstić information content (AvgIpc) is 2.91. The molecule has 2 N–H and O–H groups in total. The number of likely N-dealkylation sites (tertiary alicyclic amines) is 1. The van der Waals surface area contributed by atoms with Crippen LogP contribution in [0.2, 0.25) is 0 Å². The van der Waals surface area contributed by atoms with Crippen molar-refractivity contribution in [2.75, 3.05) is 6.54 Å². The number of hydrogen-bond acceptors (Lipinski definition) is 3. The summed E-state index contributed by atoms with van der Waals surface area (Å²) < 4.78 is 0. The molecule has 1 saturated carbocycles. The molecule has 116 valence electrons. The number of nitrogens with zero attached hydrogens (tertiary/aromatic N) is 2. The number of hydrogen-bond donors (Lipinski definition) is 2. The van der Waals surface area contributed by atoms with Gasteiger partial charge < -0.3 is 15.1 Å². The molecule has 5 nitrogen and oxygen atoms in total. The highest BCUT2D eigenvalue weighted by Gasteiger charge is 2.50. The van der Waals surface area contributed by atoms with Gasteiger partial charge in [0.1, 0.15) is 11.3 Å². The van der Waals surface area contributed by atoms with E-state index in [0.29, 0.717) is 25.1 Å². The number of amides is 1. The lowest BCUT2D eigenvalue weighted by atomic mass is 9.73. The van der Waals surface area contributed by atoms with E-state index in [1.54, 1.807) is 0 Å². The molecule has 1 aromatic rings. The van der Waals surface area contributed by atoms with Crippen LogP contribution >= 0.6 is 0 Å². The van der Waals surface area contributed by atoms with Gasteiger partial charge in [-0.05, 0) is 50.7 Å². The van der Waals surface area contributed by atoms with Gasteiger partial charge in [-0.15, -0.1) is 0 Å². The molecule has 22 heavy (non-hydrogen) atoms. The third-order valence-corrected chi connectivity index (χ3v) is 4.76. The molecule has 2 heterocycles. The highest BCUT2D eigenvalue weighted by Crippen LogP contribution is 2.42. The maximum atomic E-state index is 11.3. The van der Waals surface area contributed by atoms with Crippen molar-refractivity contribution in [1.82, 2.24) is 9.88 Å². The van der Waals surface area contributed by atoms with Crippen LogP contribution in [-0.4, -0.2) is 44.4 Å². The summed E-state index contributed by atoms with van der Waals surface area (Å²) >= 11 is 0. The predicted octanol–water partition coefficient (Wildman–Crippen LogP) is 2.03. The molecule has 3 atom stereocenters. The largest absolute Gasteiger partial charge is 0.465 e. The Balaban J connectivity index is 1.85. The van der Waals surface area contributed by atoms with Crippen LogP contribution in [0.4, 0.5) is 4.79 Å². The van der Waals surface area contributed by atoms with Crippen molar-refractivity contribution in [3.8, 4) is 11.8 Å². The molecule has 0 spiro atoms. The van der Waals surface area contributed by atoms with Gasteiger partial charge in [0.05, 0.1) is 0 Å². The van der Waals surface area contributed by atoms with Gasteiger partial charge >= 0.3 is 6.09 Å². The number of rotatable bonds is 0. The zero-order valence-electron chi connectivity index (χ0n) is 12.6. The molecule has 2 fully saturated rings. The Morgan fingerprint density at radius 2 is 2.27 bits per heavy atom. The number of aryl methyl sites for hydroxylation is 1. The second-order valence-corrected chi connectivity index (χ2v) is 6.17. The minimum Gasteiger partial charge on any atom is -0.465 e. The first kappa shape index (κ1) is 14.9. The molecular weight excluding hydrogens is 280 g/mol. The SMILES string of the molecule is Cc1cccc(C#CC2(O)CCCC3C2CCN3C(=O)O)n1. The Morgan fingerprint density at radius 1 is 1.45 bits per heavy atom. The van der Waals surface area contributed by atoms with Crippen molar-refractivity contribution in [2.45, 2.75) is 44.2 Å². The Bertz CT molecular complexity index is 649. The normalized spacial score (nSPS) is 30.4. The predicted molar refractivity (Wildman–Crippen MR) is 81.3 cm³/mol. The summed E-state index contributed by atoms with van der Waals surface area (Å²) in [5.41, 5.74) is 0.417. The first-order valence-corrected chi connectivity index (χ1v) is 7.68. The summed E-state index contributed by atoms with van der Waals surface area (Å²) in [7, 11) is 0.